The highest BCUT2D eigenvalue weighted by molar-refractivity contribution is 7.89. The summed E-state index contributed by atoms with van der Waals surface area (Å²) in [5.41, 5.74) is 1.90. The fourth-order valence-corrected chi connectivity index (χ4v) is 4.24. The number of ketones is 1. The van der Waals surface area contributed by atoms with Gasteiger partial charge in [0.2, 0.25) is 0 Å². The summed E-state index contributed by atoms with van der Waals surface area (Å²) >= 11 is -1.22. The van der Waals surface area contributed by atoms with Crippen LogP contribution in [-0.2, 0) is 16.2 Å². The maximum absolute atomic E-state index is 12.2. The number of anilines is 2. The number of nitrogens with one attached hydrogen (secondary N) is 2. The average molecular weight is 430 g/mol. The third-order valence-electron chi connectivity index (χ3n) is 5.02. The molecule has 1 aliphatic rings. The van der Waals surface area contributed by atoms with E-state index >= 15 is 0 Å². The lowest BCUT2D eigenvalue weighted by molar-refractivity contribution is -0.120. The van der Waals surface area contributed by atoms with Gasteiger partial charge in [-0.1, -0.05) is 0 Å². The molecule has 0 spiro atoms. The number of benzene rings is 1. The molecule has 2 N–H and O–H groups in total. The summed E-state index contributed by atoms with van der Waals surface area (Å²) in [6.45, 7) is 0. The van der Waals surface area contributed by atoms with E-state index in [0.717, 1.165) is 12.0 Å². The Morgan fingerprint density at radius 3 is 2.47 bits per heavy atom. The topological polar surface area (TPSA) is 102 Å². The van der Waals surface area contributed by atoms with Gasteiger partial charge >= 0.3 is 0 Å². The van der Waals surface area contributed by atoms with Crippen molar-refractivity contribution in [3.8, 4) is 0 Å². The largest absolute Gasteiger partial charge is 0.593 e. The number of carbonyl (C=O) groups excluding carboxylic acids is 2. The van der Waals surface area contributed by atoms with Crippen molar-refractivity contribution < 1.29 is 14.1 Å². The quantitative estimate of drug-likeness (QED) is 0.491. The van der Waals surface area contributed by atoms with Gasteiger partial charge in [-0.05, 0) is 49.4 Å². The molecule has 160 valence electrons. The minimum Gasteiger partial charge on any atom is -0.593 e. The predicted octanol–water partition coefficient (Wildman–Crippen LogP) is 2.90. The molecule has 0 bridgehead atoms. The lowest BCUT2D eigenvalue weighted by Crippen LogP contribution is -2.22. The minimum absolute atomic E-state index is 0.0679. The molecule has 1 heterocycles. The fourth-order valence-electron chi connectivity index (χ4n) is 3.45. The van der Waals surface area contributed by atoms with Crippen LogP contribution in [0.15, 0.2) is 35.4 Å². The Bertz CT molecular complexity index is 913. The van der Waals surface area contributed by atoms with Crippen molar-refractivity contribution in [3.63, 3.8) is 0 Å². The predicted molar refractivity (Wildman–Crippen MR) is 118 cm³/mol. The van der Waals surface area contributed by atoms with E-state index in [1.165, 1.54) is 0 Å². The molecule has 0 amide bonds. The van der Waals surface area contributed by atoms with Gasteiger partial charge in [0.15, 0.2) is 17.0 Å². The van der Waals surface area contributed by atoms with Crippen LogP contribution < -0.4 is 10.6 Å². The summed E-state index contributed by atoms with van der Waals surface area (Å²) in [5.74, 6) is 0.731. The first-order valence-electron chi connectivity index (χ1n) is 9.84. The number of rotatable bonds is 8. The molecule has 1 aromatic carbocycles. The number of Topliss-reactive ketones (excluding diaryl/α,β-unsaturated/α-hetero) is 1. The summed E-state index contributed by atoms with van der Waals surface area (Å²) in [5, 5.41) is 10.8. The number of hydrogen-bond donors (Lipinski definition) is 2. The van der Waals surface area contributed by atoms with Crippen LogP contribution in [0.3, 0.4) is 0 Å². The number of hydrogen-bond acceptors (Lipinski definition) is 7. The van der Waals surface area contributed by atoms with E-state index in [4.69, 9.17) is 0 Å². The molecular formula is C21H27N5O3S. The van der Waals surface area contributed by atoms with Crippen molar-refractivity contribution in [2.75, 3.05) is 26.5 Å². The van der Waals surface area contributed by atoms with Gasteiger partial charge in [0.25, 0.3) is 0 Å². The first kappa shape index (κ1) is 22.1. The van der Waals surface area contributed by atoms with Crippen LogP contribution >= 0.6 is 0 Å². The van der Waals surface area contributed by atoms with Crippen molar-refractivity contribution in [2.24, 2.45) is 0 Å². The molecule has 1 aliphatic carbocycles. The van der Waals surface area contributed by atoms with Gasteiger partial charge < -0.3 is 15.2 Å². The monoisotopic (exact) mass is 429 g/mol. The minimum atomic E-state index is -1.22. The Kier molecular flexibility index (Phi) is 7.30. The van der Waals surface area contributed by atoms with Crippen LogP contribution in [-0.4, -0.2) is 51.9 Å². The van der Waals surface area contributed by atoms with Crippen molar-refractivity contribution in [1.82, 2.24) is 19.4 Å². The summed E-state index contributed by atoms with van der Waals surface area (Å²) in [4.78, 5) is 24.2. The summed E-state index contributed by atoms with van der Waals surface area (Å²) in [7, 11) is 5.30. The lowest BCUT2D eigenvalue weighted by atomic mass is 9.94. The molecule has 1 fully saturated rings. The Hall–Kier alpha value is -2.62. The molecular weight excluding hydrogens is 402 g/mol. The second-order valence-electron chi connectivity index (χ2n) is 7.31. The second kappa shape index (κ2) is 9.92. The lowest BCUT2D eigenvalue weighted by Gasteiger charge is -2.22. The Morgan fingerprint density at radius 2 is 1.90 bits per heavy atom. The van der Waals surface area contributed by atoms with E-state index in [1.807, 2.05) is 22.9 Å². The number of aldehydes is 1. The molecule has 2 aromatic rings. The van der Waals surface area contributed by atoms with Crippen molar-refractivity contribution >= 4 is 41.0 Å². The van der Waals surface area contributed by atoms with Crippen LogP contribution in [0, 0.1) is 0 Å². The molecule has 8 nitrogen and oxygen atoms in total. The van der Waals surface area contributed by atoms with Gasteiger partial charge in [-0.15, -0.1) is 4.31 Å². The van der Waals surface area contributed by atoms with Crippen LogP contribution in [0.1, 0.15) is 47.8 Å². The molecule has 1 saturated carbocycles. The van der Waals surface area contributed by atoms with E-state index in [1.54, 1.807) is 43.8 Å². The normalized spacial score (nSPS) is 16.2. The number of carbonyl (C=O) groups is 2. The molecule has 1 aromatic heterocycles. The van der Waals surface area contributed by atoms with E-state index in [-0.39, 0.29) is 11.8 Å². The van der Waals surface area contributed by atoms with Crippen molar-refractivity contribution in [2.45, 2.75) is 36.6 Å². The van der Waals surface area contributed by atoms with Gasteiger partial charge in [-0.3, -0.25) is 14.3 Å². The third kappa shape index (κ3) is 4.92. The maximum atomic E-state index is 12.2. The smallest absolute Gasteiger partial charge is 0.174 e. The molecule has 9 heteroatoms. The van der Waals surface area contributed by atoms with E-state index in [9.17, 15) is 14.1 Å². The van der Waals surface area contributed by atoms with E-state index < -0.39 is 11.4 Å². The highest BCUT2D eigenvalue weighted by Gasteiger charge is 2.26. The SMILES string of the molecule is CN/C=C\c1c(C=O)c(Nc2ccc([S+]([O-])N(C)C)cc2)nn1C1CCC(=O)CC1. The van der Waals surface area contributed by atoms with Crippen LogP contribution in [0.5, 0.6) is 0 Å². The zero-order valence-corrected chi connectivity index (χ0v) is 18.2. The number of nitrogens with zero attached hydrogens (tertiary/aromatic N) is 3. The molecule has 0 radical (unpaired) electrons. The van der Waals surface area contributed by atoms with Gasteiger partial charge in [-0.2, -0.15) is 5.10 Å². The first-order chi connectivity index (χ1) is 14.4. The third-order valence-corrected chi connectivity index (χ3v) is 6.36. The molecule has 0 aliphatic heterocycles. The Labute approximate surface area is 179 Å². The molecule has 30 heavy (non-hydrogen) atoms. The van der Waals surface area contributed by atoms with Gasteiger partial charge in [0, 0.05) is 39.7 Å². The summed E-state index contributed by atoms with van der Waals surface area (Å²) in [6, 6.07) is 7.26. The molecule has 1 unspecified atom stereocenters. The van der Waals surface area contributed by atoms with Crippen LogP contribution in [0.4, 0.5) is 11.5 Å². The van der Waals surface area contributed by atoms with Crippen molar-refractivity contribution in [3.05, 3.63) is 41.7 Å². The standard InChI is InChI=1S/C21H27N5O3S/c1-22-13-12-20-19(14-27)21(24-26(20)16-6-8-17(28)9-7-16)23-15-4-10-18(11-5-15)30(29)25(2)3/h4-5,10-14,16,22H,6-9H2,1-3H3,(H,23,24)/b13-12-. The van der Waals surface area contributed by atoms with E-state index in [2.05, 4.69) is 15.7 Å². The highest BCUT2D eigenvalue weighted by atomic mass is 32.2. The van der Waals surface area contributed by atoms with Crippen LogP contribution in [0.25, 0.3) is 6.08 Å². The van der Waals surface area contributed by atoms with Crippen LogP contribution in [0.2, 0.25) is 0 Å². The second-order valence-corrected chi connectivity index (χ2v) is 9.01. The fraction of sp³-hybridized carbons (Fsp3) is 0.381. The molecule has 0 saturated heterocycles. The highest BCUT2D eigenvalue weighted by Crippen LogP contribution is 2.32. The van der Waals surface area contributed by atoms with Gasteiger partial charge in [0.05, 0.1) is 28.7 Å². The zero-order chi connectivity index (χ0) is 21.7. The number of aromatic nitrogens is 2. The average Bonchev–Trinajstić information content (AvgIpc) is 3.09. The first-order valence-corrected chi connectivity index (χ1v) is 10.9. The molecule has 3 rings (SSSR count). The maximum Gasteiger partial charge on any atom is 0.174 e. The van der Waals surface area contributed by atoms with Gasteiger partial charge in [0.1, 0.15) is 5.78 Å². The van der Waals surface area contributed by atoms with Crippen molar-refractivity contribution in [1.29, 1.82) is 0 Å². The Morgan fingerprint density at radius 1 is 1.23 bits per heavy atom. The van der Waals surface area contributed by atoms with Gasteiger partial charge in [-0.25, -0.2) is 0 Å². The van der Waals surface area contributed by atoms with E-state index in [0.29, 0.717) is 47.7 Å². The zero-order valence-electron chi connectivity index (χ0n) is 17.4. The molecule has 1 atom stereocenters. The summed E-state index contributed by atoms with van der Waals surface area (Å²) in [6.07, 6.45) is 6.86. The Balaban J connectivity index is 1.91. The summed E-state index contributed by atoms with van der Waals surface area (Å²) < 4.78 is 15.7.